The average molecular weight is 424 g/mol. The summed E-state index contributed by atoms with van der Waals surface area (Å²) in [6, 6.07) is 17.7. The van der Waals surface area contributed by atoms with Crippen LogP contribution >= 0.6 is 0 Å². The maximum absolute atomic E-state index is 13.4. The monoisotopic (exact) mass is 423 g/mol. The molecule has 0 spiro atoms. The van der Waals surface area contributed by atoms with E-state index in [0.717, 1.165) is 59.2 Å². The predicted molar refractivity (Wildman–Crippen MR) is 127 cm³/mol. The Labute approximate surface area is 186 Å². The SMILES string of the molecule is Cc1c(C=Nn2c(C3CCCCC3)nc3ccccc3c2=O)c2ccccc2n1CC#N. The van der Waals surface area contributed by atoms with Crippen molar-refractivity contribution in [3.05, 3.63) is 76.0 Å². The molecule has 1 aliphatic rings. The van der Waals surface area contributed by atoms with Gasteiger partial charge in [-0.1, -0.05) is 49.6 Å². The minimum Gasteiger partial charge on any atom is -0.330 e. The summed E-state index contributed by atoms with van der Waals surface area (Å²) in [5.74, 6) is 0.988. The zero-order chi connectivity index (χ0) is 22.1. The fraction of sp³-hybridized carbons (Fsp3) is 0.308. The lowest BCUT2D eigenvalue weighted by molar-refractivity contribution is 0.416. The van der Waals surface area contributed by atoms with Gasteiger partial charge in [0.15, 0.2) is 0 Å². The lowest BCUT2D eigenvalue weighted by Gasteiger charge is -2.22. The van der Waals surface area contributed by atoms with Crippen molar-refractivity contribution in [2.45, 2.75) is 51.5 Å². The van der Waals surface area contributed by atoms with E-state index in [1.54, 1.807) is 6.21 Å². The molecule has 6 heteroatoms. The van der Waals surface area contributed by atoms with E-state index in [1.807, 2.05) is 60.0 Å². The molecule has 0 N–H and O–H groups in total. The van der Waals surface area contributed by atoms with Gasteiger partial charge < -0.3 is 4.57 Å². The standard InChI is InChI=1S/C26H25N5O/c1-18-22(20-11-6-8-14-24(20)30(18)16-15-27)17-28-31-25(19-9-3-2-4-10-19)29-23-13-7-5-12-21(23)26(31)32/h5-8,11-14,17,19H,2-4,9-10,16H2,1H3. The zero-order valence-corrected chi connectivity index (χ0v) is 18.2. The Morgan fingerprint density at radius 2 is 1.81 bits per heavy atom. The highest BCUT2D eigenvalue weighted by Crippen LogP contribution is 2.32. The molecule has 0 radical (unpaired) electrons. The highest BCUT2D eigenvalue weighted by molar-refractivity contribution is 6.01. The Balaban J connectivity index is 1.69. The molecule has 0 aliphatic heterocycles. The van der Waals surface area contributed by atoms with Crippen LogP contribution in [-0.4, -0.2) is 20.4 Å². The molecule has 1 aliphatic carbocycles. The molecule has 2 heterocycles. The number of fused-ring (bicyclic) bond motifs is 2. The Morgan fingerprint density at radius 3 is 2.59 bits per heavy atom. The summed E-state index contributed by atoms with van der Waals surface area (Å²) >= 11 is 0. The molecule has 2 aromatic heterocycles. The van der Waals surface area contributed by atoms with E-state index in [2.05, 4.69) is 6.07 Å². The summed E-state index contributed by atoms with van der Waals surface area (Å²) in [4.78, 5) is 18.3. The molecule has 4 aromatic rings. The topological polar surface area (TPSA) is 76.0 Å². The van der Waals surface area contributed by atoms with E-state index < -0.39 is 0 Å². The Kier molecular flexibility index (Phi) is 5.32. The van der Waals surface area contributed by atoms with E-state index in [4.69, 9.17) is 10.1 Å². The normalized spacial score (nSPS) is 15.0. The molecule has 0 amide bonds. The van der Waals surface area contributed by atoms with Crippen molar-refractivity contribution in [1.82, 2.24) is 14.2 Å². The Bertz CT molecular complexity index is 1430. The van der Waals surface area contributed by atoms with E-state index in [-0.39, 0.29) is 18.0 Å². The number of hydrogen-bond acceptors (Lipinski definition) is 4. The fourth-order valence-corrected chi connectivity index (χ4v) is 4.89. The lowest BCUT2D eigenvalue weighted by Crippen LogP contribution is -2.25. The molecular formula is C26H25N5O. The fourth-order valence-electron chi connectivity index (χ4n) is 4.89. The second-order valence-corrected chi connectivity index (χ2v) is 8.44. The van der Waals surface area contributed by atoms with Gasteiger partial charge in [-0.25, -0.2) is 4.98 Å². The number of para-hydroxylation sites is 2. The quantitative estimate of drug-likeness (QED) is 0.428. The first-order valence-electron chi connectivity index (χ1n) is 11.2. The average Bonchev–Trinajstić information content (AvgIpc) is 3.10. The van der Waals surface area contributed by atoms with Crippen LogP contribution < -0.4 is 5.56 Å². The van der Waals surface area contributed by atoms with Gasteiger partial charge in [-0.2, -0.15) is 15.0 Å². The molecule has 160 valence electrons. The second-order valence-electron chi connectivity index (χ2n) is 8.44. The number of aromatic nitrogens is 3. The molecule has 0 unspecified atom stereocenters. The third-order valence-electron chi connectivity index (χ3n) is 6.56. The molecule has 1 saturated carbocycles. The first kappa shape index (κ1) is 20.2. The van der Waals surface area contributed by atoms with Crippen LogP contribution in [0.5, 0.6) is 0 Å². The van der Waals surface area contributed by atoms with E-state index in [0.29, 0.717) is 5.39 Å². The molecule has 0 atom stereocenters. The summed E-state index contributed by atoms with van der Waals surface area (Å²) in [5.41, 5.74) is 3.46. The molecular weight excluding hydrogens is 398 g/mol. The van der Waals surface area contributed by atoms with Gasteiger partial charge in [-0.3, -0.25) is 4.79 Å². The number of nitrogens with zero attached hydrogens (tertiary/aromatic N) is 5. The minimum absolute atomic E-state index is 0.133. The maximum atomic E-state index is 13.4. The first-order valence-corrected chi connectivity index (χ1v) is 11.2. The summed E-state index contributed by atoms with van der Waals surface area (Å²) in [7, 11) is 0. The smallest absolute Gasteiger partial charge is 0.282 e. The van der Waals surface area contributed by atoms with Crippen molar-refractivity contribution in [1.29, 1.82) is 5.26 Å². The summed E-state index contributed by atoms with van der Waals surface area (Å²) < 4.78 is 3.49. The van der Waals surface area contributed by atoms with E-state index in [1.165, 1.54) is 11.1 Å². The zero-order valence-electron chi connectivity index (χ0n) is 18.2. The van der Waals surface area contributed by atoms with Crippen LogP contribution in [0.4, 0.5) is 0 Å². The number of hydrogen-bond donors (Lipinski definition) is 0. The van der Waals surface area contributed by atoms with Gasteiger partial charge in [0.2, 0.25) is 0 Å². The molecule has 0 saturated heterocycles. The van der Waals surface area contributed by atoms with Crippen molar-refractivity contribution in [3.8, 4) is 6.07 Å². The third-order valence-corrected chi connectivity index (χ3v) is 6.56. The van der Waals surface area contributed by atoms with Crippen LogP contribution in [0.2, 0.25) is 0 Å². The minimum atomic E-state index is -0.133. The molecule has 2 aromatic carbocycles. The van der Waals surface area contributed by atoms with Crippen molar-refractivity contribution in [2.75, 3.05) is 0 Å². The van der Waals surface area contributed by atoms with Crippen molar-refractivity contribution < 1.29 is 0 Å². The Morgan fingerprint density at radius 1 is 1.09 bits per heavy atom. The highest BCUT2D eigenvalue weighted by Gasteiger charge is 2.22. The van der Waals surface area contributed by atoms with E-state index >= 15 is 0 Å². The van der Waals surface area contributed by atoms with Crippen LogP contribution in [0.15, 0.2) is 58.4 Å². The van der Waals surface area contributed by atoms with Gasteiger partial charge in [-0.15, -0.1) is 0 Å². The first-order chi connectivity index (χ1) is 15.7. The maximum Gasteiger partial charge on any atom is 0.282 e. The highest BCUT2D eigenvalue weighted by atomic mass is 16.1. The van der Waals surface area contributed by atoms with Gasteiger partial charge in [0.1, 0.15) is 12.4 Å². The van der Waals surface area contributed by atoms with Crippen molar-refractivity contribution in [3.63, 3.8) is 0 Å². The van der Waals surface area contributed by atoms with Crippen LogP contribution in [-0.2, 0) is 6.54 Å². The van der Waals surface area contributed by atoms with Gasteiger partial charge in [-0.05, 0) is 38.0 Å². The molecule has 32 heavy (non-hydrogen) atoms. The lowest BCUT2D eigenvalue weighted by atomic mass is 9.88. The Hall–Kier alpha value is -3.72. The molecule has 0 bridgehead atoms. The number of benzene rings is 2. The van der Waals surface area contributed by atoms with Crippen molar-refractivity contribution in [2.24, 2.45) is 5.10 Å². The van der Waals surface area contributed by atoms with E-state index in [9.17, 15) is 10.1 Å². The van der Waals surface area contributed by atoms with Crippen LogP contribution in [0.3, 0.4) is 0 Å². The largest absolute Gasteiger partial charge is 0.330 e. The van der Waals surface area contributed by atoms with Gasteiger partial charge in [0.25, 0.3) is 5.56 Å². The summed E-state index contributed by atoms with van der Waals surface area (Å²) in [6.07, 6.45) is 7.35. The second kappa shape index (κ2) is 8.43. The van der Waals surface area contributed by atoms with Crippen LogP contribution in [0.1, 0.15) is 55.1 Å². The summed E-state index contributed by atoms with van der Waals surface area (Å²) in [5, 5.41) is 15.6. The number of nitriles is 1. The third kappa shape index (κ3) is 3.40. The van der Waals surface area contributed by atoms with Crippen LogP contribution in [0.25, 0.3) is 21.8 Å². The molecule has 1 fully saturated rings. The molecule has 6 nitrogen and oxygen atoms in total. The van der Waals surface area contributed by atoms with Crippen LogP contribution in [0, 0.1) is 18.3 Å². The van der Waals surface area contributed by atoms with Gasteiger partial charge >= 0.3 is 0 Å². The van der Waals surface area contributed by atoms with Gasteiger partial charge in [0.05, 0.1) is 23.2 Å². The van der Waals surface area contributed by atoms with Crippen molar-refractivity contribution >= 4 is 28.0 Å². The summed E-state index contributed by atoms with van der Waals surface area (Å²) in [6.45, 7) is 2.26. The predicted octanol–water partition coefficient (Wildman–Crippen LogP) is 5.11. The molecule has 5 rings (SSSR count). The van der Waals surface area contributed by atoms with Gasteiger partial charge in [0, 0.05) is 28.1 Å². The number of rotatable bonds is 4.